The predicted molar refractivity (Wildman–Crippen MR) is 76.2 cm³/mol. The average Bonchev–Trinajstić information content (AvgIpc) is 2.40. The molecule has 2 nitrogen and oxygen atoms in total. The summed E-state index contributed by atoms with van der Waals surface area (Å²) < 4.78 is 5.82. The van der Waals surface area contributed by atoms with Crippen LogP contribution in [0.2, 0.25) is 0 Å². The molecule has 0 saturated carbocycles. The molecular formula is C16H25NO. The van der Waals surface area contributed by atoms with Gasteiger partial charge in [-0.1, -0.05) is 26.0 Å². The van der Waals surface area contributed by atoms with Crippen LogP contribution in [0.5, 0.6) is 5.75 Å². The monoisotopic (exact) mass is 247 g/mol. The van der Waals surface area contributed by atoms with Gasteiger partial charge in [0, 0.05) is 0 Å². The first kappa shape index (κ1) is 13.4. The minimum atomic E-state index is 0.591. The molecule has 1 aliphatic heterocycles. The first-order valence-electron chi connectivity index (χ1n) is 7.19. The van der Waals surface area contributed by atoms with Crippen molar-refractivity contribution >= 4 is 0 Å². The van der Waals surface area contributed by atoms with Crippen molar-refractivity contribution in [3.05, 3.63) is 29.8 Å². The number of hydrogen-bond acceptors (Lipinski definition) is 2. The van der Waals surface area contributed by atoms with Crippen molar-refractivity contribution in [1.29, 1.82) is 0 Å². The van der Waals surface area contributed by atoms with Gasteiger partial charge in [-0.25, -0.2) is 0 Å². The van der Waals surface area contributed by atoms with E-state index < -0.39 is 0 Å². The predicted octanol–water partition coefficient (Wildman–Crippen LogP) is 3.58. The molecule has 1 aliphatic rings. The summed E-state index contributed by atoms with van der Waals surface area (Å²) in [6.45, 7) is 7.63. The van der Waals surface area contributed by atoms with E-state index in [1.54, 1.807) is 0 Å². The summed E-state index contributed by atoms with van der Waals surface area (Å²) in [6, 6.07) is 8.53. The Kier molecular flexibility index (Phi) is 5.06. The molecule has 0 spiro atoms. The minimum absolute atomic E-state index is 0.591. The summed E-state index contributed by atoms with van der Waals surface area (Å²) in [5.41, 5.74) is 1.38. The number of rotatable bonds is 5. The Morgan fingerprint density at radius 1 is 1.17 bits per heavy atom. The van der Waals surface area contributed by atoms with Gasteiger partial charge in [-0.2, -0.15) is 0 Å². The summed E-state index contributed by atoms with van der Waals surface area (Å²) >= 11 is 0. The van der Waals surface area contributed by atoms with Gasteiger partial charge in [0.05, 0.1) is 6.61 Å². The zero-order valence-electron chi connectivity index (χ0n) is 11.6. The number of ether oxygens (including phenoxy) is 1. The van der Waals surface area contributed by atoms with Gasteiger partial charge < -0.3 is 10.1 Å². The van der Waals surface area contributed by atoms with Gasteiger partial charge in [-0.05, 0) is 61.9 Å². The van der Waals surface area contributed by atoms with Crippen LogP contribution in [0.4, 0.5) is 0 Å². The van der Waals surface area contributed by atoms with Gasteiger partial charge in [-0.3, -0.25) is 0 Å². The van der Waals surface area contributed by atoms with Crippen LogP contribution < -0.4 is 10.1 Å². The SMILES string of the molecule is CC(C)c1ccc(OCCC2CCNCC2)cc1. The van der Waals surface area contributed by atoms with Crippen molar-refractivity contribution in [1.82, 2.24) is 5.32 Å². The molecule has 0 aliphatic carbocycles. The molecule has 0 atom stereocenters. The van der Waals surface area contributed by atoms with E-state index in [1.807, 2.05) is 0 Å². The molecule has 1 aromatic rings. The van der Waals surface area contributed by atoms with E-state index >= 15 is 0 Å². The summed E-state index contributed by atoms with van der Waals surface area (Å²) in [5.74, 6) is 2.45. The van der Waals surface area contributed by atoms with Gasteiger partial charge in [0.25, 0.3) is 0 Å². The molecule has 0 radical (unpaired) electrons. The molecule has 1 fully saturated rings. The average molecular weight is 247 g/mol. The molecule has 2 rings (SSSR count). The van der Waals surface area contributed by atoms with E-state index in [0.29, 0.717) is 5.92 Å². The topological polar surface area (TPSA) is 21.3 Å². The maximum Gasteiger partial charge on any atom is 0.119 e. The summed E-state index contributed by atoms with van der Waals surface area (Å²) in [6.07, 6.45) is 3.79. The molecule has 1 aromatic carbocycles. The summed E-state index contributed by atoms with van der Waals surface area (Å²) in [5, 5.41) is 3.40. The Balaban J connectivity index is 1.72. The Hall–Kier alpha value is -1.02. The molecule has 2 heteroatoms. The fourth-order valence-electron chi connectivity index (χ4n) is 2.46. The molecule has 1 heterocycles. The van der Waals surface area contributed by atoms with Crippen molar-refractivity contribution in [2.75, 3.05) is 19.7 Å². The summed E-state index contributed by atoms with van der Waals surface area (Å²) in [7, 11) is 0. The van der Waals surface area contributed by atoms with Gasteiger partial charge in [0.15, 0.2) is 0 Å². The minimum Gasteiger partial charge on any atom is -0.494 e. The van der Waals surface area contributed by atoms with Crippen molar-refractivity contribution < 1.29 is 4.74 Å². The van der Waals surface area contributed by atoms with Gasteiger partial charge in [0.1, 0.15) is 5.75 Å². The third-order valence-electron chi connectivity index (χ3n) is 3.80. The largest absolute Gasteiger partial charge is 0.494 e. The van der Waals surface area contributed by atoms with E-state index in [9.17, 15) is 0 Å². The molecular weight excluding hydrogens is 222 g/mol. The third-order valence-corrected chi connectivity index (χ3v) is 3.80. The molecule has 0 aromatic heterocycles. The van der Waals surface area contributed by atoms with E-state index in [-0.39, 0.29) is 0 Å². The maximum atomic E-state index is 5.82. The molecule has 18 heavy (non-hydrogen) atoms. The fraction of sp³-hybridized carbons (Fsp3) is 0.625. The van der Waals surface area contributed by atoms with E-state index in [0.717, 1.165) is 18.3 Å². The first-order valence-corrected chi connectivity index (χ1v) is 7.19. The number of benzene rings is 1. The lowest BCUT2D eigenvalue weighted by Gasteiger charge is -2.22. The lowest BCUT2D eigenvalue weighted by molar-refractivity contribution is 0.252. The zero-order valence-corrected chi connectivity index (χ0v) is 11.6. The van der Waals surface area contributed by atoms with Crippen molar-refractivity contribution in [2.45, 2.75) is 39.0 Å². The van der Waals surface area contributed by atoms with Crippen LogP contribution in [0.25, 0.3) is 0 Å². The van der Waals surface area contributed by atoms with Gasteiger partial charge in [-0.15, -0.1) is 0 Å². The standard InChI is InChI=1S/C16H25NO/c1-13(2)15-3-5-16(6-4-15)18-12-9-14-7-10-17-11-8-14/h3-6,13-14,17H,7-12H2,1-2H3. The first-order chi connectivity index (χ1) is 8.75. The number of piperidine rings is 1. The molecule has 1 N–H and O–H groups in total. The van der Waals surface area contributed by atoms with Gasteiger partial charge in [0.2, 0.25) is 0 Å². The van der Waals surface area contributed by atoms with Crippen molar-refractivity contribution in [3.8, 4) is 5.75 Å². The number of hydrogen-bond donors (Lipinski definition) is 1. The Labute approximate surface area is 111 Å². The second-order valence-corrected chi connectivity index (χ2v) is 5.55. The molecule has 1 saturated heterocycles. The molecule has 100 valence electrons. The van der Waals surface area contributed by atoms with Crippen LogP contribution in [0.15, 0.2) is 24.3 Å². The van der Waals surface area contributed by atoms with Crippen LogP contribution in [0.3, 0.4) is 0 Å². The maximum absolute atomic E-state index is 5.82. The van der Waals surface area contributed by atoms with Gasteiger partial charge >= 0.3 is 0 Å². The highest BCUT2D eigenvalue weighted by molar-refractivity contribution is 5.28. The Bertz CT molecular complexity index is 339. The van der Waals surface area contributed by atoms with E-state index in [2.05, 4.69) is 43.4 Å². The highest BCUT2D eigenvalue weighted by Gasteiger charge is 2.12. The second-order valence-electron chi connectivity index (χ2n) is 5.55. The van der Waals surface area contributed by atoms with E-state index in [4.69, 9.17) is 4.74 Å². The zero-order chi connectivity index (χ0) is 12.8. The summed E-state index contributed by atoms with van der Waals surface area (Å²) in [4.78, 5) is 0. The quantitative estimate of drug-likeness (QED) is 0.858. The Morgan fingerprint density at radius 3 is 2.44 bits per heavy atom. The lowest BCUT2D eigenvalue weighted by Crippen LogP contribution is -2.28. The normalized spacial score (nSPS) is 17.1. The van der Waals surface area contributed by atoms with Crippen molar-refractivity contribution in [2.24, 2.45) is 5.92 Å². The van der Waals surface area contributed by atoms with Crippen LogP contribution in [-0.2, 0) is 0 Å². The van der Waals surface area contributed by atoms with Crippen LogP contribution in [0, 0.1) is 5.92 Å². The second kappa shape index (κ2) is 6.79. The highest BCUT2D eigenvalue weighted by Crippen LogP contribution is 2.20. The lowest BCUT2D eigenvalue weighted by atomic mass is 9.95. The van der Waals surface area contributed by atoms with Crippen LogP contribution in [-0.4, -0.2) is 19.7 Å². The van der Waals surface area contributed by atoms with Crippen LogP contribution >= 0.6 is 0 Å². The fourth-order valence-corrected chi connectivity index (χ4v) is 2.46. The van der Waals surface area contributed by atoms with E-state index in [1.165, 1.54) is 37.9 Å². The molecule has 0 amide bonds. The molecule has 0 bridgehead atoms. The molecule has 0 unspecified atom stereocenters. The smallest absolute Gasteiger partial charge is 0.119 e. The third kappa shape index (κ3) is 4.02. The van der Waals surface area contributed by atoms with Crippen LogP contribution in [0.1, 0.15) is 44.6 Å². The number of nitrogens with one attached hydrogen (secondary N) is 1. The van der Waals surface area contributed by atoms with Crippen molar-refractivity contribution in [3.63, 3.8) is 0 Å². The highest BCUT2D eigenvalue weighted by atomic mass is 16.5. The Morgan fingerprint density at radius 2 is 1.83 bits per heavy atom.